The molecule has 0 amide bonds. The van der Waals surface area contributed by atoms with Gasteiger partial charge in [0.1, 0.15) is 0 Å². The van der Waals surface area contributed by atoms with Crippen LogP contribution in [0.15, 0.2) is 24.3 Å². The number of hydrogen-bond acceptors (Lipinski definition) is 2. The van der Waals surface area contributed by atoms with Crippen molar-refractivity contribution in [2.75, 3.05) is 26.7 Å². The second-order valence-electron chi connectivity index (χ2n) is 5.78. The second-order valence-corrected chi connectivity index (χ2v) is 6.22. The largest absolute Gasteiger partial charge is 0.314 e. The summed E-state index contributed by atoms with van der Waals surface area (Å²) in [7, 11) is 2.23. The fourth-order valence-electron chi connectivity index (χ4n) is 2.88. The third-order valence-corrected chi connectivity index (χ3v) is 4.41. The molecule has 1 aromatic rings. The summed E-state index contributed by atoms with van der Waals surface area (Å²) in [5.41, 5.74) is 1.35. The topological polar surface area (TPSA) is 15.3 Å². The van der Waals surface area contributed by atoms with Crippen LogP contribution in [-0.2, 0) is 6.42 Å². The Morgan fingerprint density at radius 3 is 2.79 bits per heavy atom. The van der Waals surface area contributed by atoms with Crippen LogP contribution in [0.1, 0.15) is 25.3 Å². The minimum atomic E-state index is 0.607. The molecule has 1 saturated heterocycles. The lowest BCUT2D eigenvalue weighted by atomic mass is 9.92. The maximum Gasteiger partial charge on any atom is 0.0406 e. The quantitative estimate of drug-likeness (QED) is 0.891. The van der Waals surface area contributed by atoms with Crippen molar-refractivity contribution < 1.29 is 0 Å². The lowest BCUT2D eigenvalue weighted by molar-refractivity contribution is 0.179. The minimum Gasteiger partial charge on any atom is -0.314 e. The fourth-order valence-corrected chi connectivity index (χ4v) is 3.00. The van der Waals surface area contributed by atoms with E-state index in [1.54, 1.807) is 0 Å². The van der Waals surface area contributed by atoms with Crippen LogP contribution in [0.2, 0.25) is 5.02 Å². The Morgan fingerprint density at radius 1 is 1.37 bits per heavy atom. The average molecular weight is 281 g/mol. The summed E-state index contributed by atoms with van der Waals surface area (Å²) >= 11 is 5.89. The molecule has 3 heteroatoms. The van der Waals surface area contributed by atoms with Gasteiger partial charge >= 0.3 is 0 Å². The summed E-state index contributed by atoms with van der Waals surface area (Å²) in [5, 5.41) is 4.49. The van der Waals surface area contributed by atoms with Gasteiger partial charge < -0.3 is 10.2 Å². The van der Waals surface area contributed by atoms with E-state index in [2.05, 4.69) is 36.3 Å². The van der Waals surface area contributed by atoms with Crippen LogP contribution in [0.25, 0.3) is 0 Å². The fraction of sp³-hybridized carbons (Fsp3) is 0.625. The van der Waals surface area contributed by atoms with Crippen LogP contribution in [-0.4, -0.2) is 37.6 Å². The highest BCUT2D eigenvalue weighted by molar-refractivity contribution is 6.30. The van der Waals surface area contributed by atoms with Crippen LogP contribution >= 0.6 is 11.6 Å². The summed E-state index contributed by atoms with van der Waals surface area (Å²) in [4.78, 5) is 2.45. The smallest absolute Gasteiger partial charge is 0.0406 e. The van der Waals surface area contributed by atoms with Crippen LogP contribution in [0.4, 0.5) is 0 Å². The summed E-state index contributed by atoms with van der Waals surface area (Å²) in [5.74, 6) is 0.795. The van der Waals surface area contributed by atoms with Gasteiger partial charge in [-0.15, -0.1) is 0 Å². The zero-order valence-corrected chi connectivity index (χ0v) is 12.8. The van der Waals surface area contributed by atoms with E-state index in [-0.39, 0.29) is 0 Å². The lowest BCUT2D eigenvalue weighted by Crippen LogP contribution is -2.43. The van der Waals surface area contributed by atoms with Crippen molar-refractivity contribution >= 4 is 11.6 Å². The van der Waals surface area contributed by atoms with Gasteiger partial charge in [0.2, 0.25) is 0 Å². The normalized spacial score (nSPS) is 22.4. The molecule has 0 spiro atoms. The molecule has 0 aliphatic carbocycles. The summed E-state index contributed by atoms with van der Waals surface area (Å²) < 4.78 is 0. The molecule has 1 aromatic carbocycles. The summed E-state index contributed by atoms with van der Waals surface area (Å²) in [6, 6.07) is 8.77. The molecule has 19 heavy (non-hydrogen) atoms. The minimum absolute atomic E-state index is 0.607. The van der Waals surface area contributed by atoms with Crippen molar-refractivity contribution in [1.29, 1.82) is 0 Å². The third kappa shape index (κ3) is 4.79. The number of likely N-dealkylation sites (tertiary alicyclic amines) is 1. The van der Waals surface area contributed by atoms with Gasteiger partial charge in [-0.2, -0.15) is 0 Å². The molecule has 0 bridgehead atoms. The van der Waals surface area contributed by atoms with E-state index in [1.165, 1.54) is 31.5 Å². The lowest BCUT2D eigenvalue weighted by Gasteiger charge is -2.34. The zero-order chi connectivity index (χ0) is 13.7. The third-order valence-electron chi connectivity index (χ3n) is 4.16. The molecule has 2 atom stereocenters. The van der Waals surface area contributed by atoms with E-state index in [9.17, 15) is 0 Å². The van der Waals surface area contributed by atoms with Gasteiger partial charge in [0.25, 0.3) is 0 Å². The highest BCUT2D eigenvalue weighted by Gasteiger charge is 2.22. The van der Waals surface area contributed by atoms with E-state index in [0.717, 1.165) is 23.9 Å². The monoisotopic (exact) mass is 280 g/mol. The number of halogens is 1. The molecule has 0 aromatic heterocycles. The molecule has 2 rings (SSSR count). The number of nitrogens with one attached hydrogen (secondary N) is 1. The first-order valence-electron chi connectivity index (χ1n) is 7.31. The van der Waals surface area contributed by atoms with E-state index >= 15 is 0 Å². The Labute approximate surface area is 122 Å². The Kier molecular flexibility index (Phi) is 5.68. The van der Waals surface area contributed by atoms with Crippen LogP contribution in [0.5, 0.6) is 0 Å². The van der Waals surface area contributed by atoms with Gasteiger partial charge in [0.15, 0.2) is 0 Å². The van der Waals surface area contributed by atoms with E-state index < -0.39 is 0 Å². The van der Waals surface area contributed by atoms with E-state index in [4.69, 9.17) is 11.6 Å². The summed E-state index contributed by atoms with van der Waals surface area (Å²) in [6.07, 6.45) is 3.77. The molecule has 1 N–H and O–H groups in total. The Balaban J connectivity index is 1.71. The molecule has 2 unspecified atom stereocenters. The zero-order valence-electron chi connectivity index (χ0n) is 12.0. The molecule has 106 valence electrons. The molecule has 1 aliphatic rings. The standard InChI is InChI=1S/C16H25ClN2/c1-13(15-4-3-11-19(2)12-15)18-10-9-14-5-7-16(17)8-6-14/h5-8,13,15,18H,3-4,9-12H2,1-2H3. The van der Waals surface area contributed by atoms with Crippen LogP contribution < -0.4 is 5.32 Å². The van der Waals surface area contributed by atoms with Crippen molar-refractivity contribution in [3.05, 3.63) is 34.9 Å². The molecule has 1 fully saturated rings. The van der Waals surface area contributed by atoms with Gasteiger partial charge in [0, 0.05) is 17.6 Å². The highest BCUT2D eigenvalue weighted by Crippen LogP contribution is 2.18. The second kappa shape index (κ2) is 7.28. The molecule has 1 heterocycles. The van der Waals surface area contributed by atoms with Crippen molar-refractivity contribution in [3.8, 4) is 0 Å². The number of nitrogens with zero attached hydrogens (tertiary/aromatic N) is 1. The first-order chi connectivity index (χ1) is 9.15. The average Bonchev–Trinajstić information content (AvgIpc) is 2.41. The van der Waals surface area contributed by atoms with Crippen LogP contribution in [0.3, 0.4) is 0 Å². The molecule has 0 saturated carbocycles. The first-order valence-corrected chi connectivity index (χ1v) is 7.69. The van der Waals surface area contributed by atoms with E-state index in [0.29, 0.717) is 6.04 Å². The Morgan fingerprint density at radius 2 is 2.11 bits per heavy atom. The number of piperidine rings is 1. The molecular formula is C16H25ClN2. The maximum absolute atomic E-state index is 5.89. The molecule has 0 radical (unpaired) electrons. The van der Waals surface area contributed by atoms with Gasteiger partial charge in [0.05, 0.1) is 0 Å². The SMILES string of the molecule is CC(NCCc1ccc(Cl)cc1)C1CCCN(C)C1. The number of hydrogen-bond donors (Lipinski definition) is 1. The van der Waals surface area contributed by atoms with Crippen molar-refractivity contribution in [2.45, 2.75) is 32.2 Å². The van der Waals surface area contributed by atoms with Gasteiger partial charge in [-0.25, -0.2) is 0 Å². The Bertz CT molecular complexity index is 377. The van der Waals surface area contributed by atoms with Crippen molar-refractivity contribution in [1.82, 2.24) is 10.2 Å². The Hall–Kier alpha value is -0.570. The highest BCUT2D eigenvalue weighted by atomic mass is 35.5. The van der Waals surface area contributed by atoms with Crippen molar-refractivity contribution in [2.24, 2.45) is 5.92 Å². The van der Waals surface area contributed by atoms with Crippen molar-refractivity contribution in [3.63, 3.8) is 0 Å². The molecule has 2 nitrogen and oxygen atoms in total. The van der Waals surface area contributed by atoms with Crippen LogP contribution in [0, 0.1) is 5.92 Å². The predicted octanol–water partition coefficient (Wildman–Crippen LogP) is 3.20. The van der Waals surface area contributed by atoms with Gasteiger partial charge in [-0.1, -0.05) is 23.7 Å². The molecule has 1 aliphatic heterocycles. The van der Waals surface area contributed by atoms with E-state index in [1.807, 2.05) is 12.1 Å². The maximum atomic E-state index is 5.89. The van der Waals surface area contributed by atoms with Gasteiger partial charge in [-0.05, 0) is 69.9 Å². The summed E-state index contributed by atoms with van der Waals surface area (Å²) in [6.45, 7) is 5.86. The first kappa shape index (κ1) is 14.8. The number of benzene rings is 1. The number of rotatable bonds is 5. The van der Waals surface area contributed by atoms with Gasteiger partial charge in [-0.3, -0.25) is 0 Å². The molecular weight excluding hydrogens is 256 g/mol. The predicted molar refractivity (Wildman–Crippen MR) is 82.8 cm³/mol.